The summed E-state index contributed by atoms with van der Waals surface area (Å²) in [4.78, 5) is 15.7. The van der Waals surface area contributed by atoms with Crippen LogP contribution in [0.15, 0.2) is 48.8 Å². The normalized spacial score (nSPS) is 8.89. The minimum absolute atomic E-state index is 0. The van der Waals surface area contributed by atoms with Crippen molar-refractivity contribution in [2.75, 3.05) is 5.32 Å². The van der Waals surface area contributed by atoms with Gasteiger partial charge in [0.2, 0.25) is 0 Å². The third-order valence-corrected chi connectivity index (χ3v) is 2.39. The lowest BCUT2D eigenvalue weighted by Gasteiger charge is -2.05. The lowest BCUT2D eigenvalue weighted by Crippen LogP contribution is -2.11. The van der Waals surface area contributed by atoms with E-state index in [0.29, 0.717) is 12.1 Å². The summed E-state index contributed by atoms with van der Waals surface area (Å²) in [5.41, 5.74) is 7.84. The SMILES string of the molecule is Br.Br.NCc1ccc(C(=O)Nc2ccncc2)cc1. The average Bonchev–Trinajstić information content (AvgIpc) is 2.40. The number of carbonyl (C=O) groups is 1. The van der Waals surface area contributed by atoms with Crippen LogP contribution in [0.5, 0.6) is 0 Å². The molecular formula is C13H15Br2N3O. The van der Waals surface area contributed by atoms with Gasteiger partial charge in [-0.3, -0.25) is 9.78 Å². The van der Waals surface area contributed by atoms with Crippen molar-refractivity contribution in [3.8, 4) is 0 Å². The van der Waals surface area contributed by atoms with Gasteiger partial charge in [-0.25, -0.2) is 0 Å². The Morgan fingerprint density at radius 3 is 2.16 bits per heavy atom. The second kappa shape index (κ2) is 8.79. The number of nitrogens with one attached hydrogen (secondary N) is 1. The van der Waals surface area contributed by atoms with Crippen LogP contribution in [0.4, 0.5) is 5.69 Å². The minimum Gasteiger partial charge on any atom is -0.326 e. The monoisotopic (exact) mass is 387 g/mol. The van der Waals surface area contributed by atoms with Gasteiger partial charge in [-0.05, 0) is 29.8 Å². The number of pyridine rings is 1. The van der Waals surface area contributed by atoms with E-state index in [9.17, 15) is 4.79 Å². The summed E-state index contributed by atoms with van der Waals surface area (Å²) in [6.45, 7) is 0.478. The average molecular weight is 389 g/mol. The van der Waals surface area contributed by atoms with Gasteiger partial charge in [-0.15, -0.1) is 34.0 Å². The molecule has 0 aliphatic carbocycles. The largest absolute Gasteiger partial charge is 0.326 e. The Labute approximate surface area is 133 Å². The van der Waals surface area contributed by atoms with Gasteiger partial charge in [0, 0.05) is 30.2 Å². The summed E-state index contributed by atoms with van der Waals surface area (Å²) in [6.07, 6.45) is 3.26. The van der Waals surface area contributed by atoms with E-state index in [1.54, 1.807) is 36.7 Å². The van der Waals surface area contributed by atoms with Crippen LogP contribution < -0.4 is 11.1 Å². The van der Waals surface area contributed by atoms with Crippen molar-refractivity contribution < 1.29 is 4.79 Å². The summed E-state index contributed by atoms with van der Waals surface area (Å²) >= 11 is 0. The van der Waals surface area contributed by atoms with Crippen LogP contribution in [0, 0.1) is 0 Å². The highest BCUT2D eigenvalue weighted by Crippen LogP contribution is 2.08. The van der Waals surface area contributed by atoms with Gasteiger partial charge < -0.3 is 11.1 Å². The fourth-order valence-corrected chi connectivity index (χ4v) is 1.43. The molecule has 3 N–H and O–H groups in total. The Morgan fingerprint density at radius 1 is 1.05 bits per heavy atom. The molecule has 1 aromatic heterocycles. The summed E-state index contributed by atoms with van der Waals surface area (Å²) in [6, 6.07) is 10.7. The number of carbonyl (C=O) groups excluding carboxylic acids is 1. The molecule has 2 rings (SSSR count). The Balaban J connectivity index is 0.00000162. The number of hydrogen-bond donors (Lipinski definition) is 2. The molecule has 0 bridgehead atoms. The molecule has 0 aliphatic rings. The quantitative estimate of drug-likeness (QED) is 0.849. The highest BCUT2D eigenvalue weighted by Gasteiger charge is 2.05. The van der Waals surface area contributed by atoms with E-state index < -0.39 is 0 Å². The molecule has 0 aliphatic heterocycles. The highest BCUT2D eigenvalue weighted by atomic mass is 79.9. The number of anilines is 1. The first-order chi connectivity index (χ1) is 8.29. The first kappa shape index (κ1) is 17.8. The molecule has 0 atom stereocenters. The van der Waals surface area contributed by atoms with Crippen LogP contribution >= 0.6 is 34.0 Å². The van der Waals surface area contributed by atoms with Crippen molar-refractivity contribution in [1.82, 2.24) is 4.98 Å². The van der Waals surface area contributed by atoms with E-state index in [1.807, 2.05) is 12.1 Å². The van der Waals surface area contributed by atoms with Crippen LogP contribution in [0.2, 0.25) is 0 Å². The van der Waals surface area contributed by atoms with Gasteiger partial charge >= 0.3 is 0 Å². The van der Waals surface area contributed by atoms with Gasteiger partial charge in [0.25, 0.3) is 5.91 Å². The van der Waals surface area contributed by atoms with E-state index in [2.05, 4.69) is 10.3 Å². The molecule has 0 saturated carbocycles. The van der Waals surface area contributed by atoms with Crippen molar-refractivity contribution in [1.29, 1.82) is 0 Å². The number of benzene rings is 1. The van der Waals surface area contributed by atoms with Crippen LogP contribution in [0.25, 0.3) is 0 Å². The second-order valence-electron chi connectivity index (χ2n) is 3.59. The Morgan fingerprint density at radius 2 is 1.63 bits per heavy atom. The summed E-state index contributed by atoms with van der Waals surface area (Å²) in [5.74, 6) is -0.139. The Hall–Kier alpha value is -1.24. The molecule has 6 heteroatoms. The number of halogens is 2. The molecule has 0 fully saturated rings. The molecule has 1 amide bonds. The molecule has 102 valence electrons. The molecule has 4 nitrogen and oxygen atoms in total. The molecule has 0 spiro atoms. The Kier molecular flexibility index (Phi) is 8.22. The molecule has 0 unspecified atom stereocenters. The lowest BCUT2D eigenvalue weighted by molar-refractivity contribution is 0.102. The van der Waals surface area contributed by atoms with Gasteiger partial charge in [0.1, 0.15) is 0 Å². The van der Waals surface area contributed by atoms with E-state index in [-0.39, 0.29) is 39.9 Å². The van der Waals surface area contributed by atoms with Crippen LogP contribution in [0.3, 0.4) is 0 Å². The second-order valence-corrected chi connectivity index (χ2v) is 3.59. The zero-order valence-corrected chi connectivity index (χ0v) is 13.5. The highest BCUT2D eigenvalue weighted by molar-refractivity contribution is 8.93. The maximum Gasteiger partial charge on any atom is 0.255 e. The van der Waals surface area contributed by atoms with Crippen LogP contribution in [0.1, 0.15) is 15.9 Å². The predicted molar refractivity (Wildman–Crippen MR) is 87.2 cm³/mol. The van der Waals surface area contributed by atoms with Crippen molar-refractivity contribution in [2.45, 2.75) is 6.54 Å². The minimum atomic E-state index is -0.139. The molecule has 0 saturated heterocycles. The fourth-order valence-electron chi connectivity index (χ4n) is 1.43. The number of rotatable bonds is 3. The molecule has 1 aromatic carbocycles. The molecule has 1 heterocycles. The number of hydrogen-bond acceptors (Lipinski definition) is 3. The topological polar surface area (TPSA) is 68.0 Å². The fraction of sp³-hybridized carbons (Fsp3) is 0.0769. The smallest absolute Gasteiger partial charge is 0.255 e. The van der Waals surface area contributed by atoms with E-state index in [1.165, 1.54) is 0 Å². The third-order valence-electron chi connectivity index (χ3n) is 2.39. The summed E-state index contributed by atoms with van der Waals surface area (Å²) in [7, 11) is 0. The van der Waals surface area contributed by atoms with Crippen molar-refractivity contribution >= 4 is 45.6 Å². The lowest BCUT2D eigenvalue weighted by atomic mass is 10.1. The molecular weight excluding hydrogens is 374 g/mol. The zero-order chi connectivity index (χ0) is 12.1. The van der Waals surface area contributed by atoms with Crippen LogP contribution in [-0.2, 0) is 6.54 Å². The first-order valence-corrected chi connectivity index (χ1v) is 5.30. The molecule has 19 heavy (non-hydrogen) atoms. The maximum atomic E-state index is 11.9. The summed E-state index contributed by atoms with van der Waals surface area (Å²) in [5, 5.41) is 2.79. The van der Waals surface area contributed by atoms with E-state index in [0.717, 1.165) is 11.3 Å². The van der Waals surface area contributed by atoms with Gasteiger partial charge in [-0.1, -0.05) is 12.1 Å². The van der Waals surface area contributed by atoms with Crippen molar-refractivity contribution in [3.05, 3.63) is 59.9 Å². The first-order valence-electron chi connectivity index (χ1n) is 5.30. The third kappa shape index (κ3) is 5.10. The number of amides is 1. The number of nitrogens with two attached hydrogens (primary N) is 1. The van der Waals surface area contributed by atoms with Crippen molar-refractivity contribution in [2.24, 2.45) is 5.73 Å². The van der Waals surface area contributed by atoms with E-state index >= 15 is 0 Å². The number of nitrogens with zero attached hydrogens (tertiary/aromatic N) is 1. The predicted octanol–water partition coefficient (Wildman–Crippen LogP) is 2.95. The van der Waals surface area contributed by atoms with Gasteiger partial charge in [0.05, 0.1) is 0 Å². The standard InChI is InChI=1S/C13H13N3O.2BrH/c14-9-10-1-3-11(4-2-10)13(17)16-12-5-7-15-8-6-12;;/h1-8H,9,14H2,(H,15,16,17);2*1H. The van der Waals surface area contributed by atoms with Crippen molar-refractivity contribution in [3.63, 3.8) is 0 Å². The van der Waals surface area contributed by atoms with Gasteiger partial charge in [-0.2, -0.15) is 0 Å². The number of aromatic nitrogens is 1. The van der Waals surface area contributed by atoms with E-state index in [4.69, 9.17) is 5.73 Å². The Bertz CT molecular complexity index is 503. The zero-order valence-electron chi connectivity index (χ0n) is 10.1. The van der Waals surface area contributed by atoms with Gasteiger partial charge in [0.15, 0.2) is 0 Å². The maximum absolute atomic E-state index is 11.9. The van der Waals surface area contributed by atoms with Crippen LogP contribution in [-0.4, -0.2) is 10.9 Å². The summed E-state index contributed by atoms with van der Waals surface area (Å²) < 4.78 is 0. The molecule has 0 radical (unpaired) electrons. The molecule has 2 aromatic rings.